The van der Waals surface area contributed by atoms with Crippen molar-refractivity contribution >= 4 is 18.7 Å². The number of amides is 1. The molecule has 0 bridgehead atoms. The van der Waals surface area contributed by atoms with Gasteiger partial charge in [0, 0.05) is 23.4 Å². The minimum absolute atomic E-state index is 0.104. The summed E-state index contributed by atoms with van der Waals surface area (Å²) < 4.78 is 24.6. The number of rotatable bonds is 2. The van der Waals surface area contributed by atoms with Gasteiger partial charge >= 0.3 is 13.2 Å². The van der Waals surface area contributed by atoms with E-state index < -0.39 is 12.7 Å². The minimum atomic E-state index is -0.531. The van der Waals surface area contributed by atoms with E-state index in [0.717, 1.165) is 70.8 Å². The number of H-pyrrole nitrogens is 1. The molecule has 7 rings (SSSR count). The Morgan fingerprint density at radius 3 is 2.52 bits per heavy atom. The van der Waals surface area contributed by atoms with Crippen LogP contribution in [-0.4, -0.2) is 51.4 Å². The Balaban J connectivity index is 1.17. The molecular weight excluding hydrogens is 529 g/mol. The Morgan fingerprint density at radius 2 is 1.79 bits per heavy atom. The Bertz CT molecular complexity index is 1570. The predicted molar refractivity (Wildman–Crippen MR) is 162 cm³/mol. The largest absolute Gasteiger partial charge is 0.494 e. The number of ether oxygens (including phenoxy) is 2. The van der Waals surface area contributed by atoms with Crippen LogP contribution in [0.15, 0.2) is 30.3 Å². The van der Waals surface area contributed by atoms with E-state index in [9.17, 15) is 4.79 Å². The molecule has 0 unspecified atom stereocenters. The first-order valence-electron chi connectivity index (χ1n) is 15.2. The molecule has 1 N–H and O–H groups in total. The third kappa shape index (κ3) is 4.52. The van der Waals surface area contributed by atoms with Crippen molar-refractivity contribution < 1.29 is 23.6 Å². The van der Waals surface area contributed by atoms with Crippen LogP contribution in [0.5, 0.6) is 5.75 Å². The molecular formula is C33H40BN3O5. The van der Waals surface area contributed by atoms with E-state index in [-0.39, 0.29) is 23.3 Å². The maximum Gasteiger partial charge on any atom is 0.494 e. The molecule has 4 heterocycles. The first-order chi connectivity index (χ1) is 19.8. The summed E-state index contributed by atoms with van der Waals surface area (Å²) in [5.41, 5.74) is 7.61. The van der Waals surface area contributed by atoms with Crippen LogP contribution < -0.4 is 10.2 Å². The zero-order valence-electron chi connectivity index (χ0n) is 25.7. The fourth-order valence-corrected chi connectivity index (χ4v) is 6.50. The first-order valence-corrected chi connectivity index (χ1v) is 15.2. The Labute approximate surface area is 248 Å². The van der Waals surface area contributed by atoms with E-state index >= 15 is 0 Å². The van der Waals surface area contributed by atoms with Gasteiger partial charge in [-0.2, -0.15) is 0 Å². The second kappa shape index (κ2) is 9.35. The molecule has 0 spiro atoms. The van der Waals surface area contributed by atoms with Gasteiger partial charge in [-0.3, -0.25) is 4.90 Å². The van der Waals surface area contributed by atoms with Gasteiger partial charge in [-0.15, -0.1) is 0 Å². The number of benzene rings is 2. The van der Waals surface area contributed by atoms with Gasteiger partial charge in [-0.25, -0.2) is 9.78 Å². The lowest BCUT2D eigenvalue weighted by atomic mass is 9.76. The van der Waals surface area contributed by atoms with Gasteiger partial charge in [0.1, 0.15) is 23.8 Å². The summed E-state index contributed by atoms with van der Waals surface area (Å²) in [6, 6.07) is 10.8. The molecule has 2 fully saturated rings. The van der Waals surface area contributed by atoms with Crippen LogP contribution in [0.25, 0.3) is 22.4 Å². The van der Waals surface area contributed by atoms with Crippen molar-refractivity contribution in [2.75, 3.05) is 6.54 Å². The van der Waals surface area contributed by atoms with Crippen LogP contribution >= 0.6 is 0 Å². The number of nitrogens with one attached hydrogen (secondary N) is 1. The smallest absolute Gasteiger partial charge is 0.488 e. The molecule has 1 aromatic heterocycles. The van der Waals surface area contributed by atoms with Crippen molar-refractivity contribution in [3.05, 3.63) is 53.0 Å². The van der Waals surface area contributed by atoms with E-state index in [4.69, 9.17) is 23.8 Å². The van der Waals surface area contributed by atoms with Crippen LogP contribution in [0.2, 0.25) is 0 Å². The summed E-state index contributed by atoms with van der Waals surface area (Å²) >= 11 is 0. The highest BCUT2D eigenvalue weighted by Gasteiger charge is 2.51. The molecule has 3 aliphatic heterocycles. The highest BCUT2D eigenvalue weighted by atomic mass is 16.7. The maximum absolute atomic E-state index is 12.9. The Kier molecular flexibility index (Phi) is 6.13. The number of imidazole rings is 1. The number of aromatic nitrogens is 2. The van der Waals surface area contributed by atoms with E-state index in [2.05, 4.69) is 63.0 Å². The van der Waals surface area contributed by atoms with Crippen molar-refractivity contribution in [1.82, 2.24) is 14.9 Å². The van der Waals surface area contributed by atoms with Crippen molar-refractivity contribution in [1.29, 1.82) is 0 Å². The molecule has 2 aromatic carbocycles. The second-order valence-electron chi connectivity index (χ2n) is 14.1. The van der Waals surface area contributed by atoms with Gasteiger partial charge in [0.15, 0.2) is 0 Å². The summed E-state index contributed by atoms with van der Waals surface area (Å²) in [7, 11) is -0.399. The average molecular weight is 570 g/mol. The molecule has 1 amide bonds. The van der Waals surface area contributed by atoms with E-state index in [1.54, 1.807) is 0 Å². The number of aryl methyl sites for hydroxylation is 2. The molecule has 0 saturated carbocycles. The van der Waals surface area contributed by atoms with Gasteiger partial charge in [-0.1, -0.05) is 18.2 Å². The first kappa shape index (κ1) is 27.5. The van der Waals surface area contributed by atoms with E-state index in [1.807, 2.05) is 25.7 Å². The summed E-state index contributed by atoms with van der Waals surface area (Å²) in [5.74, 6) is 1.72. The van der Waals surface area contributed by atoms with Gasteiger partial charge in [0.2, 0.25) is 0 Å². The number of hydrogen-bond acceptors (Lipinski definition) is 6. The molecule has 8 nitrogen and oxygen atoms in total. The fourth-order valence-electron chi connectivity index (χ4n) is 6.50. The molecule has 2 saturated heterocycles. The van der Waals surface area contributed by atoms with E-state index in [0.29, 0.717) is 13.2 Å². The molecule has 0 radical (unpaired) electrons. The summed E-state index contributed by atoms with van der Waals surface area (Å²) in [6.45, 7) is 15.2. The monoisotopic (exact) mass is 569 g/mol. The molecule has 1 aliphatic carbocycles. The number of carbonyl (C=O) groups excluding carboxylic acids is 1. The molecule has 3 aromatic rings. The zero-order chi connectivity index (χ0) is 29.6. The average Bonchev–Trinajstić information content (AvgIpc) is 3.62. The normalized spacial score (nSPS) is 21.7. The van der Waals surface area contributed by atoms with Crippen molar-refractivity contribution in [2.45, 2.75) is 104 Å². The minimum Gasteiger partial charge on any atom is -0.488 e. The highest BCUT2D eigenvalue weighted by molar-refractivity contribution is 6.62. The van der Waals surface area contributed by atoms with E-state index in [1.165, 1.54) is 11.1 Å². The molecule has 42 heavy (non-hydrogen) atoms. The number of likely N-dealkylation sites (tertiary alicyclic amines) is 1. The molecule has 9 heteroatoms. The summed E-state index contributed by atoms with van der Waals surface area (Å²) in [5, 5.41) is 0. The lowest BCUT2D eigenvalue weighted by Gasteiger charge is -2.32. The third-order valence-electron chi connectivity index (χ3n) is 9.43. The lowest BCUT2D eigenvalue weighted by Crippen LogP contribution is -2.41. The number of nitrogens with zero attached hydrogens (tertiary/aromatic N) is 2. The van der Waals surface area contributed by atoms with Crippen LogP contribution in [0.1, 0.15) is 90.0 Å². The third-order valence-corrected chi connectivity index (χ3v) is 9.43. The quantitative estimate of drug-likeness (QED) is 0.375. The number of fused-ring (bicyclic) bond motifs is 6. The van der Waals surface area contributed by atoms with Crippen molar-refractivity contribution in [3.8, 4) is 28.1 Å². The SMILES string of the molecule is CC(C)(C)OC(=O)N1CCC[C@H]1c1nc2c([nH]1)CCc1cc3c(cc1-2)OCc1cc(B2OC(C)(C)C(C)(C)O2)ccc1-3. The number of hydrogen-bond donors (Lipinski definition) is 1. The summed E-state index contributed by atoms with van der Waals surface area (Å²) in [6.07, 6.45) is 3.32. The van der Waals surface area contributed by atoms with Crippen molar-refractivity contribution in [3.63, 3.8) is 0 Å². The maximum atomic E-state index is 12.9. The number of carbonyl (C=O) groups is 1. The Hall–Kier alpha value is -3.30. The summed E-state index contributed by atoms with van der Waals surface area (Å²) in [4.78, 5) is 23.4. The van der Waals surface area contributed by atoms with Crippen LogP contribution in [0, 0.1) is 0 Å². The standard InChI is InChI=1S/C33H40BN3O5/c1-31(2,3)40-30(38)37-14-8-9-26(37)29-35-25-13-10-19-16-24-22-12-11-21(34-41-32(4,5)33(6,7)42-34)15-20(22)18-39-27(24)17-23(19)28(25)36-29/h11-12,15-17,26H,8-10,13-14,18H2,1-7H3,(H,35,36)/t26-/m0/s1. The second-order valence-corrected chi connectivity index (χ2v) is 14.1. The highest BCUT2D eigenvalue weighted by Crippen LogP contribution is 2.45. The number of aromatic amines is 1. The molecule has 220 valence electrons. The Morgan fingerprint density at radius 1 is 1.02 bits per heavy atom. The van der Waals surface area contributed by atoms with Crippen LogP contribution in [-0.2, 0) is 33.5 Å². The van der Waals surface area contributed by atoms with Gasteiger partial charge in [0.05, 0.1) is 22.9 Å². The zero-order valence-corrected chi connectivity index (χ0v) is 25.7. The lowest BCUT2D eigenvalue weighted by molar-refractivity contribution is 0.00578. The van der Waals surface area contributed by atoms with Gasteiger partial charge in [-0.05, 0) is 108 Å². The van der Waals surface area contributed by atoms with Gasteiger partial charge in [0.25, 0.3) is 0 Å². The van der Waals surface area contributed by atoms with Crippen LogP contribution in [0.3, 0.4) is 0 Å². The predicted octanol–water partition coefficient (Wildman–Crippen LogP) is 6.11. The fraction of sp³-hybridized carbons (Fsp3) is 0.515. The molecule has 1 atom stereocenters. The topological polar surface area (TPSA) is 85.9 Å². The van der Waals surface area contributed by atoms with Crippen molar-refractivity contribution in [2.24, 2.45) is 0 Å². The van der Waals surface area contributed by atoms with Crippen LogP contribution in [0.4, 0.5) is 4.79 Å². The molecule has 4 aliphatic rings. The van der Waals surface area contributed by atoms with Gasteiger partial charge < -0.3 is 23.8 Å².